The second kappa shape index (κ2) is 10.5. The number of rotatable bonds is 8. The van der Waals surface area contributed by atoms with Gasteiger partial charge in [-0.2, -0.15) is 0 Å². The molecular weight excluding hydrogens is 412 g/mol. The lowest BCUT2D eigenvalue weighted by molar-refractivity contribution is 0.0620. The summed E-state index contributed by atoms with van der Waals surface area (Å²) in [6.07, 6.45) is 1.63. The summed E-state index contributed by atoms with van der Waals surface area (Å²) < 4.78 is 10.6. The van der Waals surface area contributed by atoms with Gasteiger partial charge in [0.1, 0.15) is 17.2 Å². The zero-order valence-corrected chi connectivity index (χ0v) is 18.4. The van der Waals surface area contributed by atoms with Crippen LogP contribution in [0.15, 0.2) is 54.0 Å². The summed E-state index contributed by atoms with van der Waals surface area (Å²) in [4.78, 5) is 26.2. The number of pyridine rings is 1. The van der Waals surface area contributed by atoms with Crippen LogP contribution in [-0.2, 0) is 11.3 Å². The number of aromatic nitrogens is 2. The molecule has 31 heavy (non-hydrogen) atoms. The molecule has 0 aliphatic carbocycles. The normalized spacial score (nSPS) is 14.5. The smallest absolute Gasteiger partial charge is 0.259 e. The summed E-state index contributed by atoms with van der Waals surface area (Å²) in [6.45, 7) is 4.56. The molecule has 3 heterocycles. The summed E-state index contributed by atoms with van der Waals surface area (Å²) in [5, 5.41) is 3.17. The molecule has 4 rings (SSSR count). The van der Waals surface area contributed by atoms with Crippen molar-refractivity contribution in [1.29, 1.82) is 0 Å². The first kappa shape index (κ1) is 21.4. The molecule has 1 amide bonds. The number of hydrogen-bond acceptors (Lipinski definition) is 7. The highest BCUT2D eigenvalue weighted by Crippen LogP contribution is 2.24. The molecule has 0 spiro atoms. The first-order valence-corrected chi connectivity index (χ1v) is 11.2. The minimum atomic E-state index is -0.0415. The molecule has 1 saturated heterocycles. The number of piperazine rings is 1. The maximum atomic E-state index is 13.0. The van der Waals surface area contributed by atoms with E-state index in [0.717, 1.165) is 35.9 Å². The van der Waals surface area contributed by atoms with Crippen LogP contribution in [0.2, 0.25) is 0 Å². The Morgan fingerprint density at radius 2 is 1.87 bits per heavy atom. The van der Waals surface area contributed by atoms with Crippen molar-refractivity contribution in [3.8, 4) is 16.5 Å². The van der Waals surface area contributed by atoms with E-state index in [1.807, 2.05) is 23.1 Å². The molecule has 2 aromatic heterocycles. The predicted octanol–water partition coefficient (Wildman–Crippen LogP) is 3.19. The second-order valence-electron chi connectivity index (χ2n) is 7.28. The molecule has 0 N–H and O–H groups in total. The Bertz CT molecular complexity index is 987. The van der Waals surface area contributed by atoms with E-state index in [9.17, 15) is 4.79 Å². The Hall–Kier alpha value is -2.81. The number of methoxy groups -OCH3 is 1. The molecule has 1 aromatic carbocycles. The average molecular weight is 439 g/mol. The molecule has 0 bridgehead atoms. The van der Waals surface area contributed by atoms with Crippen LogP contribution in [0.1, 0.15) is 16.1 Å². The van der Waals surface area contributed by atoms with Gasteiger partial charge in [-0.05, 0) is 12.1 Å². The number of nitrogens with zero attached hydrogens (tertiary/aromatic N) is 4. The molecule has 0 radical (unpaired) electrons. The van der Waals surface area contributed by atoms with E-state index >= 15 is 0 Å². The van der Waals surface area contributed by atoms with Crippen LogP contribution in [0.3, 0.4) is 0 Å². The monoisotopic (exact) mass is 438 g/mol. The maximum absolute atomic E-state index is 13.0. The number of carbonyl (C=O) groups is 1. The van der Waals surface area contributed by atoms with Crippen LogP contribution in [0.4, 0.5) is 0 Å². The molecule has 3 aromatic rings. The molecular formula is C23H26N4O3S. The molecule has 7 nitrogen and oxygen atoms in total. The molecule has 1 aliphatic rings. The third kappa shape index (κ3) is 5.46. The summed E-state index contributed by atoms with van der Waals surface area (Å²) in [6, 6.07) is 13.8. The quantitative estimate of drug-likeness (QED) is 0.503. The zero-order valence-electron chi connectivity index (χ0n) is 17.6. The fraction of sp³-hybridized carbons (Fsp3) is 0.348. The summed E-state index contributed by atoms with van der Waals surface area (Å²) in [5.74, 6) is 0.322. The number of thiazole rings is 1. The Labute approximate surface area is 186 Å². The number of benzene rings is 1. The minimum absolute atomic E-state index is 0.0415. The SMILES string of the molecule is COCCOc1ncccc1C(=O)N1CCN(Cc2csc(-c3ccccc3)n2)CC1. The van der Waals surface area contributed by atoms with Crippen molar-refractivity contribution in [3.05, 3.63) is 65.3 Å². The van der Waals surface area contributed by atoms with Gasteiger partial charge in [0.15, 0.2) is 0 Å². The summed E-state index contributed by atoms with van der Waals surface area (Å²) in [5.41, 5.74) is 2.72. The Balaban J connectivity index is 1.32. The van der Waals surface area contributed by atoms with Gasteiger partial charge in [-0.3, -0.25) is 9.69 Å². The van der Waals surface area contributed by atoms with E-state index in [1.165, 1.54) is 0 Å². The largest absolute Gasteiger partial charge is 0.475 e. The number of ether oxygens (including phenoxy) is 2. The summed E-state index contributed by atoms with van der Waals surface area (Å²) >= 11 is 1.67. The van der Waals surface area contributed by atoms with Crippen LogP contribution >= 0.6 is 11.3 Å². The van der Waals surface area contributed by atoms with Crippen LogP contribution in [0, 0.1) is 0 Å². The first-order valence-electron chi connectivity index (χ1n) is 10.3. The fourth-order valence-electron chi connectivity index (χ4n) is 3.49. The first-order chi connectivity index (χ1) is 15.2. The van der Waals surface area contributed by atoms with Gasteiger partial charge < -0.3 is 14.4 Å². The van der Waals surface area contributed by atoms with Crippen molar-refractivity contribution < 1.29 is 14.3 Å². The van der Waals surface area contributed by atoms with E-state index in [4.69, 9.17) is 14.5 Å². The molecule has 8 heteroatoms. The third-order valence-corrected chi connectivity index (χ3v) is 6.09. The average Bonchev–Trinajstić information content (AvgIpc) is 3.29. The van der Waals surface area contributed by atoms with Gasteiger partial charge in [0.25, 0.3) is 5.91 Å². The highest BCUT2D eigenvalue weighted by Gasteiger charge is 2.25. The number of carbonyl (C=O) groups excluding carboxylic acids is 1. The standard InChI is InChI=1S/C23H26N4O3S/c1-29-14-15-30-21-20(8-5-9-24-21)23(28)27-12-10-26(11-13-27)16-19-17-31-22(25-19)18-6-3-2-4-7-18/h2-9,17H,10-16H2,1H3. The minimum Gasteiger partial charge on any atom is -0.475 e. The molecule has 162 valence electrons. The van der Waals surface area contributed by atoms with E-state index < -0.39 is 0 Å². The highest BCUT2D eigenvalue weighted by atomic mass is 32.1. The van der Waals surface area contributed by atoms with Crippen molar-refractivity contribution >= 4 is 17.2 Å². The van der Waals surface area contributed by atoms with E-state index in [1.54, 1.807) is 36.8 Å². The van der Waals surface area contributed by atoms with Crippen LogP contribution in [0.5, 0.6) is 5.88 Å². The Morgan fingerprint density at radius 1 is 1.06 bits per heavy atom. The molecule has 1 aliphatic heterocycles. The lowest BCUT2D eigenvalue weighted by Gasteiger charge is -2.34. The molecule has 0 atom stereocenters. The van der Waals surface area contributed by atoms with Crippen molar-refractivity contribution in [2.24, 2.45) is 0 Å². The van der Waals surface area contributed by atoms with Crippen molar-refractivity contribution in [1.82, 2.24) is 19.8 Å². The third-order valence-electron chi connectivity index (χ3n) is 5.15. The van der Waals surface area contributed by atoms with Crippen LogP contribution in [-0.4, -0.2) is 72.2 Å². The van der Waals surface area contributed by atoms with E-state index in [-0.39, 0.29) is 5.91 Å². The van der Waals surface area contributed by atoms with Crippen molar-refractivity contribution in [3.63, 3.8) is 0 Å². The van der Waals surface area contributed by atoms with Crippen LogP contribution < -0.4 is 4.74 Å². The Morgan fingerprint density at radius 3 is 2.65 bits per heavy atom. The van der Waals surface area contributed by atoms with Gasteiger partial charge in [-0.15, -0.1) is 11.3 Å². The van der Waals surface area contributed by atoms with Gasteiger partial charge in [0, 0.05) is 57.0 Å². The predicted molar refractivity (Wildman–Crippen MR) is 120 cm³/mol. The zero-order chi connectivity index (χ0) is 21.5. The van der Waals surface area contributed by atoms with Crippen molar-refractivity contribution in [2.75, 3.05) is 46.5 Å². The molecule has 1 fully saturated rings. The van der Waals surface area contributed by atoms with E-state index in [0.29, 0.717) is 37.7 Å². The number of hydrogen-bond donors (Lipinski definition) is 0. The van der Waals surface area contributed by atoms with Gasteiger partial charge in [0.2, 0.25) is 5.88 Å². The van der Waals surface area contributed by atoms with Gasteiger partial charge in [-0.1, -0.05) is 30.3 Å². The summed E-state index contributed by atoms with van der Waals surface area (Å²) in [7, 11) is 1.61. The maximum Gasteiger partial charge on any atom is 0.259 e. The second-order valence-corrected chi connectivity index (χ2v) is 8.13. The highest BCUT2D eigenvalue weighted by molar-refractivity contribution is 7.13. The number of amides is 1. The molecule has 0 saturated carbocycles. The Kier molecular flexibility index (Phi) is 7.24. The van der Waals surface area contributed by atoms with Crippen LogP contribution in [0.25, 0.3) is 10.6 Å². The van der Waals surface area contributed by atoms with Gasteiger partial charge in [-0.25, -0.2) is 9.97 Å². The molecule has 0 unspecified atom stereocenters. The van der Waals surface area contributed by atoms with Gasteiger partial charge in [0.05, 0.1) is 12.3 Å². The lowest BCUT2D eigenvalue weighted by Crippen LogP contribution is -2.48. The van der Waals surface area contributed by atoms with Crippen molar-refractivity contribution in [2.45, 2.75) is 6.54 Å². The fourth-order valence-corrected chi connectivity index (χ4v) is 4.31. The van der Waals surface area contributed by atoms with E-state index in [2.05, 4.69) is 27.4 Å². The topological polar surface area (TPSA) is 67.8 Å². The lowest BCUT2D eigenvalue weighted by atomic mass is 10.2. The van der Waals surface area contributed by atoms with Gasteiger partial charge >= 0.3 is 0 Å².